The molecule has 120 valence electrons. The monoisotopic (exact) mass is 403 g/mol. The van der Waals surface area contributed by atoms with Gasteiger partial charge in [-0.1, -0.05) is 11.6 Å². The second-order valence-corrected chi connectivity index (χ2v) is 6.64. The van der Waals surface area contributed by atoms with Crippen LogP contribution in [0.15, 0.2) is 10.5 Å². The molecule has 0 radical (unpaired) electrons. The molecule has 0 amide bonds. The van der Waals surface area contributed by atoms with Gasteiger partial charge < -0.3 is 9.30 Å². The van der Waals surface area contributed by atoms with Crippen LogP contribution < -0.4 is 4.74 Å². The highest BCUT2D eigenvalue weighted by molar-refractivity contribution is 9.10. The maximum Gasteiger partial charge on any atom is 0.195 e. The van der Waals surface area contributed by atoms with Crippen molar-refractivity contribution in [3.63, 3.8) is 0 Å². The molecule has 1 heterocycles. The predicted octanol–water partition coefficient (Wildman–Crippen LogP) is 5.00. The van der Waals surface area contributed by atoms with E-state index in [1.54, 1.807) is 0 Å². The lowest BCUT2D eigenvalue weighted by Crippen LogP contribution is -2.06. The van der Waals surface area contributed by atoms with Gasteiger partial charge in [-0.15, -0.1) is 0 Å². The van der Waals surface area contributed by atoms with E-state index in [1.807, 2.05) is 24.5 Å². The van der Waals surface area contributed by atoms with E-state index in [1.165, 1.54) is 0 Å². The van der Waals surface area contributed by atoms with Gasteiger partial charge in [-0.3, -0.25) is 5.10 Å². The van der Waals surface area contributed by atoms with E-state index in [-0.39, 0.29) is 0 Å². The molecule has 0 aliphatic heterocycles. The summed E-state index contributed by atoms with van der Waals surface area (Å²) in [6.45, 7) is 7.45. The minimum absolute atomic E-state index is 0.614. The molecule has 0 aliphatic rings. The molecule has 1 aromatic heterocycles. The summed E-state index contributed by atoms with van der Waals surface area (Å²) in [6.07, 6.45) is 1.69. The summed E-state index contributed by atoms with van der Waals surface area (Å²) in [4.78, 5) is 0. The fraction of sp³-hybridized carbons (Fsp3) is 0.467. The van der Waals surface area contributed by atoms with Crippen molar-refractivity contribution in [2.45, 2.75) is 40.2 Å². The number of nitrogens with zero attached hydrogens (tertiary/aromatic N) is 2. The van der Waals surface area contributed by atoms with Crippen LogP contribution in [0.5, 0.6) is 5.75 Å². The van der Waals surface area contributed by atoms with Gasteiger partial charge >= 0.3 is 0 Å². The molecular formula is C15H19BrClN3OS. The summed E-state index contributed by atoms with van der Waals surface area (Å²) in [7, 11) is 0. The Morgan fingerprint density at radius 2 is 2.18 bits per heavy atom. The lowest BCUT2D eigenvalue weighted by molar-refractivity contribution is 0.307. The Kier molecular flexibility index (Phi) is 6.06. The lowest BCUT2D eigenvalue weighted by Gasteiger charge is -2.13. The van der Waals surface area contributed by atoms with E-state index >= 15 is 0 Å². The molecule has 0 fully saturated rings. The van der Waals surface area contributed by atoms with Gasteiger partial charge in [-0.2, -0.15) is 5.10 Å². The third kappa shape index (κ3) is 3.73. The molecule has 0 atom stereocenters. The van der Waals surface area contributed by atoms with E-state index in [9.17, 15) is 0 Å². The summed E-state index contributed by atoms with van der Waals surface area (Å²) >= 11 is 14.9. The van der Waals surface area contributed by atoms with Crippen LogP contribution in [0.4, 0.5) is 0 Å². The smallest absolute Gasteiger partial charge is 0.195 e. The molecule has 4 nitrogen and oxygen atoms in total. The van der Waals surface area contributed by atoms with E-state index in [0.717, 1.165) is 51.6 Å². The van der Waals surface area contributed by atoms with Gasteiger partial charge in [-0.05, 0) is 72.5 Å². The number of ether oxygens (including phenoxy) is 1. The first-order chi connectivity index (χ1) is 10.5. The minimum Gasteiger partial charge on any atom is -0.492 e. The Labute approximate surface area is 149 Å². The Hall–Kier alpha value is -0.850. The first-order valence-corrected chi connectivity index (χ1v) is 8.75. The standard InChI is InChI=1S/C15H19BrClN3OS/c1-4-20-12(18-19-15(20)22)6-5-7-21-11-8-9(2)14(17)10(3)13(11)16/h8H,4-7H2,1-3H3,(H,19,22). The summed E-state index contributed by atoms with van der Waals surface area (Å²) in [5.74, 6) is 1.80. The van der Waals surface area contributed by atoms with Crippen LogP contribution >= 0.6 is 39.7 Å². The van der Waals surface area contributed by atoms with Crippen LogP contribution in [-0.4, -0.2) is 21.4 Å². The molecule has 0 spiro atoms. The highest BCUT2D eigenvalue weighted by Crippen LogP contribution is 2.35. The number of hydrogen-bond acceptors (Lipinski definition) is 3. The van der Waals surface area contributed by atoms with Crippen molar-refractivity contribution >= 4 is 39.7 Å². The number of aryl methyl sites for hydroxylation is 2. The number of benzene rings is 1. The fourth-order valence-electron chi connectivity index (χ4n) is 2.28. The molecule has 22 heavy (non-hydrogen) atoms. The minimum atomic E-state index is 0.614. The summed E-state index contributed by atoms with van der Waals surface area (Å²) in [6, 6.07) is 1.96. The first kappa shape index (κ1) is 17.5. The number of H-pyrrole nitrogens is 1. The van der Waals surface area contributed by atoms with Crippen LogP contribution in [0.1, 0.15) is 30.3 Å². The molecular weight excluding hydrogens is 386 g/mol. The van der Waals surface area contributed by atoms with Gasteiger partial charge in [0.1, 0.15) is 11.6 Å². The van der Waals surface area contributed by atoms with Crippen molar-refractivity contribution in [3.05, 3.63) is 37.3 Å². The molecule has 7 heteroatoms. The maximum atomic E-state index is 6.22. The normalized spacial score (nSPS) is 11.0. The predicted molar refractivity (Wildman–Crippen MR) is 95.5 cm³/mol. The number of aromatic nitrogens is 3. The Bertz CT molecular complexity index is 726. The SMILES string of the molecule is CCn1c(CCCOc2cc(C)c(Cl)c(C)c2Br)n[nH]c1=S. The zero-order valence-electron chi connectivity index (χ0n) is 12.9. The summed E-state index contributed by atoms with van der Waals surface area (Å²) in [5, 5.41) is 7.86. The lowest BCUT2D eigenvalue weighted by atomic mass is 10.1. The van der Waals surface area contributed by atoms with Crippen LogP contribution in [0.2, 0.25) is 5.02 Å². The quantitative estimate of drug-likeness (QED) is 0.544. The molecule has 0 unspecified atom stereocenters. The van der Waals surface area contributed by atoms with Gasteiger partial charge in [-0.25, -0.2) is 0 Å². The molecule has 1 N–H and O–H groups in total. The van der Waals surface area contributed by atoms with Crippen molar-refractivity contribution in [2.75, 3.05) is 6.61 Å². The molecule has 0 bridgehead atoms. The van der Waals surface area contributed by atoms with Crippen LogP contribution in [0.3, 0.4) is 0 Å². The van der Waals surface area contributed by atoms with Crippen molar-refractivity contribution in [1.82, 2.24) is 14.8 Å². The average Bonchev–Trinajstić information content (AvgIpc) is 2.86. The topological polar surface area (TPSA) is 42.8 Å². The zero-order valence-corrected chi connectivity index (χ0v) is 16.0. The third-order valence-electron chi connectivity index (χ3n) is 3.52. The van der Waals surface area contributed by atoms with Crippen molar-refractivity contribution < 1.29 is 4.74 Å². The largest absolute Gasteiger partial charge is 0.492 e. The Balaban J connectivity index is 1.96. The van der Waals surface area contributed by atoms with Crippen LogP contribution in [0.25, 0.3) is 0 Å². The molecule has 2 rings (SSSR count). The van der Waals surface area contributed by atoms with Gasteiger partial charge in [0.05, 0.1) is 11.1 Å². The average molecular weight is 405 g/mol. The maximum absolute atomic E-state index is 6.22. The summed E-state index contributed by atoms with van der Waals surface area (Å²) in [5.41, 5.74) is 2.02. The molecule has 0 saturated heterocycles. The van der Waals surface area contributed by atoms with E-state index in [4.69, 9.17) is 28.6 Å². The second kappa shape index (κ2) is 7.62. The molecule has 1 aromatic carbocycles. The first-order valence-electron chi connectivity index (χ1n) is 7.17. The van der Waals surface area contributed by atoms with Gasteiger partial charge in [0.15, 0.2) is 4.77 Å². The van der Waals surface area contributed by atoms with E-state index in [2.05, 4.69) is 33.1 Å². The Morgan fingerprint density at radius 3 is 2.86 bits per heavy atom. The van der Waals surface area contributed by atoms with Crippen molar-refractivity contribution in [2.24, 2.45) is 0 Å². The highest BCUT2D eigenvalue weighted by Gasteiger charge is 2.11. The van der Waals surface area contributed by atoms with Crippen LogP contribution in [-0.2, 0) is 13.0 Å². The van der Waals surface area contributed by atoms with Crippen LogP contribution in [0, 0.1) is 18.6 Å². The molecule has 0 aliphatic carbocycles. The number of rotatable bonds is 6. The number of halogens is 2. The third-order valence-corrected chi connectivity index (χ3v) is 5.40. The van der Waals surface area contributed by atoms with E-state index < -0.39 is 0 Å². The Morgan fingerprint density at radius 1 is 1.45 bits per heavy atom. The summed E-state index contributed by atoms with van der Waals surface area (Å²) < 4.78 is 9.47. The van der Waals surface area contributed by atoms with Crippen molar-refractivity contribution in [3.8, 4) is 5.75 Å². The second-order valence-electron chi connectivity index (χ2n) is 5.09. The van der Waals surface area contributed by atoms with E-state index in [0.29, 0.717) is 11.4 Å². The molecule has 2 aromatic rings. The van der Waals surface area contributed by atoms with Crippen molar-refractivity contribution in [1.29, 1.82) is 0 Å². The fourth-order valence-corrected chi connectivity index (χ4v) is 3.26. The van der Waals surface area contributed by atoms with Gasteiger partial charge in [0.25, 0.3) is 0 Å². The van der Waals surface area contributed by atoms with Gasteiger partial charge in [0, 0.05) is 18.0 Å². The number of hydrogen-bond donors (Lipinski definition) is 1. The highest BCUT2D eigenvalue weighted by atomic mass is 79.9. The zero-order chi connectivity index (χ0) is 16.3. The molecule has 0 saturated carbocycles. The number of aromatic amines is 1. The van der Waals surface area contributed by atoms with Gasteiger partial charge in [0.2, 0.25) is 0 Å². The number of nitrogens with one attached hydrogen (secondary N) is 1.